The first-order valence-electron chi connectivity index (χ1n) is 8.60. The van der Waals surface area contributed by atoms with Gasteiger partial charge in [0.05, 0.1) is 11.5 Å². The molecule has 1 aliphatic rings. The van der Waals surface area contributed by atoms with Crippen LogP contribution in [0.2, 0.25) is 0 Å². The molecule has 1 heterocycles. The van der Waals surface area contributed by atoms with Crippen LogP contribution in [0.3, 0.4) is 0 Å². The lowest BCUT2D eigenvalue weighted by molar-refractivity contribution is -0.123. The van der Waals surface area contributed by atoms with E-state index in [1.54, 1.807) is 12.4 Å². The Hall–Kier alpha value is -2.20. The van der Waals surface area contributed by atoms with Crippen molar-refractivity contribution in [1.82, 2.24) is 10.3 Å². The second kappa shape index (κ2) is 7.58. The quantitative estimate of drug-likeness (QED) is 0.859. The van der Waals surface area contributed by atoms with E-state index in [0.717, 1.165) is 36.8 Å². The number of carbonyl (C=O) groups is 1. The Morgan fingerprint density at radius 1 is 1.17 bits per heavy atom. The number of benzene rings is 1. The van der Waals surface area contributed by atoms with Crippen LogP contribution in [-0.4, -0.2) is 28.1 Å². The van der Waals surface area contributed by atoms with Crippen LogP contribution in [0.1, 0.15) is 42.7 Å². The van der Waals surface area contributed by atoms with E-state index >= 15 is 0 Å². The van der Waals surface area contributed by atoms with Crippen LogP contribution in [-0.2, 0) is 11.2 Å². The Morgan fingerprint density at radius 2 is 1.92 bits per heavy atom. The van der Waals surface area contributed by atoms with E-state index in [2.05, 4.69) is 10.3 Å². The number of hydrogen-bond acceptors (Lipinski definition) is 3. The minimum absolute atomic E-state index is 0.0367. The van der Waals surface area contributed by atoms with Crippen LogP contribution < -0.4 is 5.32 Å². The molecule has 1 aromatic heterocycles. The van der Waals surface area contributed by atoms with Gasteiger partial charge in [0.15, 0.2) is 0 Å². The van der Waals surface area contributed by atoms with Crippen molar-refractivity contribution in [2.45, 2.75) is 43.6 Å². The van der Waals surface area contributed by atoms with E-state index in [0.29, 0.717) is 13.0 Å². The highest BCUT2D eigenvalue weighted by Crippen LogP contribution is 2.29. The summed E-state index contributed by atoms with van der Waals surface area (Å²) >= 11 is 0. The number of rotatable bonds is 6. The van der Waals surface area contributed by atoms with E-state index < -0.39 is 5.60 Å². The number of hydrogen-bond donors (Lipinski definition) is 2. The van der Waals surface area contributed by atoms with Crippen LogP contribution >= 0.6 is 0 Å². The standard InChI is InChI=1S/C20H24N2O2/c23-19(22-15-20(24)10-4-5-11-20)18(17-8-2-1-3-9-17)13-16-7-6-12-21-14-16/h1-3,6-9,12,14,18,24H,4-5,10-11,13,15H2,(H,22,23). The average Bonchev–Trinajstić information content (AvgIpc) is 3.06. The first-order valence-corrected chi connectivity index (χ1v) is 8.60. The van der Waals surface area contributed by atoms with Gasteiger partial charge in [0.1, 0.15) is 0 Å². The minimum atomic E-state index is -0.731. The normalized spacial score (nSPS) is 17.4. The zero-order valence-corrected chi connectivity index (χ0v) is 13.8. The van der Waals surface area contributed by atoms with Gasteiger partial charge in [-0.25, -0.2) is 0 Å². The summed E-state index contributed by atoms with van der Waals surface area (Å²) in [7, 11) is 0. The number of amides is 1. The van der Waals surface area contributed by atoms with Gasteiger partial charge in [-0.3, -0.25) is 9.78 Å². The maximum absolute atomic E-state index is 12.8. The molecule has 2 aromatic rings. The van der Waals surface area contributed by atoms with Crippen molar-refractivity contribution >= 4 is 5.91 Å². The van der Waals surface area contributed by atoms with Crippen LogP contribution in [0.15, 0.2) is 54.9 Å². The van der Waals surface area contributed by atoms with Gasteiger partial charge in [-0.2, -0.15) is 0 Å². The summed E-state index contributed by atoms with van der Waals surface area (Å²) in [5.74, 6) is -0.314. The number of aliphatic hydroxyl groups is 1. The first-order chi connectivity index (χ1) is 11.7. The molecule has 1 atom stereocenters. The van der Waals surface area contributed by atoms with Crippen molar-refractivity contribution in [2.24, 2.45) is 0 Å². The zero-order chi connectivity index (χ0) is 16.8. The summed E-state index contributed by atoms with van der Waals surface area (Å²) < 4.78 is 0. The lowest BCUT2D eigenvalue weighted by atomic mass is 9.91. The third-order valence-electron chi connectivity index (χ3n) is 4.81. The molecule has 1 aromatic carbocycles. The molecule has 1 saturated carbocycles. The molecule has 0 aliphatic heterocycles. The van der Waals surface area contributed by atoms with E-state index in [4.69, 9.17) is 0 Å². The molecule has 0 radical (unpaired) electrons. The Morgan fingerprint density at radius 3 is 2.58 bits per heavy atom. The number of carbonyl (C=O) groups excluding carboxylic acids is 1. The van der Waals surface area contributed by atoms with E-state index in [1.807, 2.05) is 42.5 Å². The van der Waals surface area contributed by atoms with Crippen molar-refractivity contribution in [1.29, 1.82) is 0 Å². The highest BCUT2D eigenvalue weighted by molar-refractivity contribution is 5.84. The van der Waals surface area contributed by atoms with Crippen molar-refractivity contribution in [3.05, 3.63) is 66.0 Å². The zero-order valence-electron chi connectivity index (χ0n) is 13.8. The molecule has 4 nitrogen and oxygen atoms in total. The summed E-state index contributed by atoms with van der Waals surface area (Å²) in [5, 5.41) is 13.4. The van der Waals surface area contributed by atoms with E-state index in [-0.39, 0.29) is 11.8 Å². The monoisotopic (exact) mass is 324 g/mol. The fourth-order valence-corrected chi connectivity index (χ4v) is 3.39. The molecule has 2 N–H and O–H groups in total. The van der Waals surface area contributed by atoms with Gasteiger partial charge in [0.2, 0.25) is 5.91 Å². The summed E-state index contributed by atoms with van der Waals surface area (Å²) in [6, 6.07) is 13.7. The largest absolute Gasteiger partial charge is 0.388 e. The molecular formula is C20H24N2O2. The topological polar surface area (TPSA) is 62.2 Å². The van der Waals surface area contributed by atoms with Crippen molar-refractivity contribution < 1.29 is 9.90 Å². The number of nitrogens with zero attached hydrogens (tertiary/aromatic N) is 1. The maximum atomic E-state index is 12.8. The highest BCUT2D eigenvalue weighted by Gasteiger charge is 2.32. The van der Waals surface area contributed by atoms with Gasteiger partial charge >= 0.3 is 0 Å². The lowest BCUT2D eigenvalue weighted by Gasteiger charge is -2.24. The van der Waals surface area contributed by atoms with Crippen LogP contribution in [0, 0.1) is 0 Å². The fourth-order valence-electron chi connectivity index (χ4n) is 3.39. The summed E-state index contributed by atoms with van der Waals surface area (Å²) in [6.07, 6.45) is 7.73. The highest BCUT2D eigenvalue weighted by atomic mass is 16.3. The fraction of sp³-hybridized carbons (Fsp3) is 0.400. The van der Waals surface area contributed by atoms with Crippen LogP contribution in [0.4, 0.5) is 0 Å². The summed E-state index contributed by atoms with van der Waals surface area (Å²) in [5.41, 5.74) is 1.28. The Kier molecular flexibility index (Phi) is 5.26. The molecule has 1 unspecified atom stereocenters. The first kappa shape index (κ1) is 16.7. The summed E-state index contributed by atoms with van der Waals surface area (Å²) in [4.78, 5) is 16.9. The predicted molar refractivity (Wildman–Crippen MR) is 93.6 cm³/mol. The van der Waals surface area contributed by atoms with Crippen molar-refractivity contribution in [3.8, 4) is 0 Å². The van der Waals surface area contributed by atoms with Gasteiger partial charge < -0.3 is 10.4 Å². The summed E-state index contributed by atoms with van der Waals surface area (Å²) in [6.45, 7) is 0.336. The number of aromatic nitrogens is 1. The molecule has 1 amide bonds. The second-order valence-corrected chi connectivity index (χ2v) is 6.68. The SMILES string of the molecule is O=C(NCC1(O)CCCC1)C(Cc1cccnc1)c1ccccc1. The Balaban J connectivity index is 1.72. The number of pyridine rings is 1. The van der Waals surface area contributed by atoms with E-state index in [1.165, 1.54) is 0 Å². The molecule has 24 heavy (non-hydrogen) atoms. The minimum Gasteiger partial charge on any atom is -0.388 e. The molecule has 1 fully saturated rings. The van der Waals surface area contributed by atoms with Crippen LogP contribution in [0.25, 0.3) is 0 Å². The smallest absolute Gasteiger partial charge is 0.227 e. The van der Waals surface area contributed by atoms with Gasteiger partial charge in [-0.1, -0.05) is 49.2 Å². The average molecular weight is 324 g/mol. The van der Waals surface area contributed by atoms with E-state index in [9.17, 15) is 9.90 Å². The molecule has 126 valence electrons. The van der Waals surface area contributed by atoms with Crippen LogP contribution in [0.5, 0.6) is 0 Å². The Bertz CT molecular complexity index is 652. The predicted octanol–water partition coefficient (Wildman–Crippen LogP) is 2.83. The van der Waals surface area contributed by atoms with Gasteiger partial charge in [0.25, 0.3) is 0 Å². The molecule has 0 saturated heterocycles. The maximum Gasteiger partial charge on any atom is 0.227 e. The van der Waals surface area contributed by atoms with Gasteiger partial charge in [-0.05, 0) is 36.5 Å². The molecule has 0 bridgehead atoms. The van der Waals surface area contributed by atoms with Crippen molar-refractivity contribution in [2.75, 3.05) is 6.54 Å². The number of nitrogens with one attached hydrogen (secondary N) is 1. The van der Waals surface area contributed by atoms with Crippen molar-refractivity contribution in [3.63, 3.8) is 0 Å². The third kappa shape index (κ3) is 4.20. The lowest BCUT2D eigenvalue weighted by Crippen LogP contribution is -2.42. The molecular weight excluding hydrogens is 300 g/mol. The molecule has 3 rings (SSSR count). The molecule has 0 spiro atoms. The second-order valence-electron chi connectivity index (χ2n) is 6.68. The third-order valence-corrected chi connectivity index (χ3v) is 4.81. The molecule has 1 aliphatic carbocycles. The molecule has 4 heteroatoms. The van der Waals surface area contributed by atoms with Gasteiger partial charge in [-0.15, -0.1) is 0 Å². The Labute approximate surface area is 142 Å². The van der Waals surface area contributed by atoms with Gasteiger partial charge in [0, 0.05) is 18.9 Å².